The van der Waals surface area contributed by atoms with Crippen LogP contribution in [0.3, 0.4) is 0 Å². The van der Waals surface area contributed by atoms with Crippen LogP contribution in [-0.4, -0.2) is 28.5 Å². The summed E-state index contributed by atoms with van der Waals surface area (Å²) in [5, 5.41) is 11.0. The number of hydrogen-bond donors (Lipinski definition) is 1. The van der Waals surface area contributed by atoms with Crippen LogP contribution in [0.5, 0.6) is 0 Å². The molecule has 6 nitrogen and oxygen atoms in total. The fourth-order valence-corrected chi connectivity index (χ4v) is 3.52. The van der Waals surface area contributed by atoms with E-state index in [1.54, 1.807) is 42.5 Å². The van der Waals surface area contributed by atoms with Crippen molar-refractivity contribution in [2.24, 2.45) is 0 Å². The van der Waals surface area contributed by atoms with Gasteiger partial charge in [0.2, 0.25) is 5.91 Å². The van der Waals surface area contributed by atoms with Gasteiger partial charge < -0.3 is 5.32 Å². The summed E-state index contributed by atoms with van der Waals surface area (Å²) in [6.45, 7) is -0.346. The Morgan fingerprint density at radius 3 is 2.44 bits per heavy atom. The smallest absolute Gasteiger partial charge is 0.294 e. The number of rotatable bonds is 4. The highest BCUT2D eigenvalue weighted by Gasteiger charge is 2.36. The number of anilines is 1. The number of nitrogens with zero attached hydrogens (tertiary/aromatic N) is 2. The van der Waals surface area contributed by atoms with Crippen LogP contribution in [0.15, 0.2) is 53.4 Å². The molecule has 0 aromatic heterocycles. The van der Waals surface area contributed by atoms with Crippen LogP contribution in [0.1, 0.15) is 11.1 Å². The number of nitriles is 1. The van der Waals surface area contributed by atoms with Crippen molar-refractivity contribution in [3.8, 4) is 6.07 Å². The first kappa shape index (κ1) is 19.1. The summed E-state index contributed by atoms with van der Waals surface area (Å²) in [6, 6.07) is 15.8. The zero-order chi connectivity index (χ0) is 19.4. The third-order valence-electron chi connectivity index (χ3n) is 3.64. The van der Waals surface area contributed by atoms with E-state index in [4.69, 9.17) is 5.26 Å². The van der Waals surface area contributed by atoms with E-state index in [0.717, 1.165) is 20.2 Å². The molecule has 0 aliphatic carbocycles. The zero-order valence-electron chi connectivity index (χ0n) is 13.8. The molecular weight excluding hydrogens is 477 g/mol. The lowest BCUT2D eigenvalue weighted by molar-refractivity contribution is -0.127. The summed E-state index contributed by atoms with van der Waals surface area (Å²) in [6.07, 6.45) is 1.57. The monoisotopic (exact) mass is 489 g/mol. The van der Waals surface area contributed by atoms with E-state index in [-0.39, 0.29) is 11.4 Å². The first-order valence-electron chi connectivity index (χ1n) is 7.77. The predicted octanol–water partition coefficient (Wildman–Crippen LogP) is 3.84. The molecule has 3 amide bonds. The van der Waals surface area contributed by atoms with Crippen molar-refractivity contribution < 1.29 is 14.4 Å². The van der Waals surface area contributed by atoms with Crippen LogP contribution in [0.25, 0.3) is 6.08 Å². The molecular formula is C19H12IN3O3S. The normalized spacial score (nSPS) is 15.1. The van der Waals surface area contributed by atoms with Gasteiger partial charge in [0.25, 0.3) is 11.1 Å². The first-order chi connectivity index (χ1) is 13.0. The molecule has 0 radical (unpaired) electrons. The second-order valence-corrected chi connectivity index (χ2v) is 7.80. The summed E-state index contributed by atoms with van der Waals surface area (Å²) >= 11 is 2.94. The van der Waals surface area contributed by atoms with Crippen LogP contribution in [-0.2, 0) is 9.59 Å². The van der Waals surface area contributed by atoms with E-state index in [1.165, 1.54) is 0 Å². The van der Waals surface area contributed by atoms with Gasteiger partial charge in [-0.25, -0.2) is 0 Å². The summed E-state index contributed by atoms with van der Waals surface area (Å²) in [4.78, 5) is 37.9. The van der Waals surface area contributed by atoms with Gasteiger partial charge >= 0.3 is 0 Å². The second kappa shape index (κ2) is 8.37. The number of halogens is 1. The van der Waals surface area contributed by atoms with Gasteiger partial charge in [0, 0.05) is 9.26 Å². The van der Waals surface area contributed by atoms with Crippen molar-refractivity contribution in [3.63, 3.8) is 0 Å². The zero-order valence-corrected chi connectivity index (χ0v) is 16.8. The van der Waals surface area contributed by atoms with Gasteiger partial charge in [-0.2, -0.15) is 5.26 Å². The molecule has 0 atom stereocenters. The van der Waals surface area contributed by atoms with Gasteiger partial charge in [0.1, 0.15) is 6.54 Å². The Labute approximate surface area is 173 Å². The lowest BCUT2D eigenvalue weighted by atomic mass is 10.1. The summed E-state index contributed by atoms with van der Waals surface area (Å²) < 4.78 is 1.03. The molecule has 0 unspecified atom stereocenters. The van der Waals surface area contributed by atoms with E-state index in [1.807, 2.05) is 18.2 Å². The van der Waals surface area contributed by atoms with Crippen molar-refractivity contribution in [2.45, 2.75) is 0 Å². The Morgan fingerprint density at radius 1 is 1.15 bits per heavy atom. The molecule has 1 saturated heterocycles. The first-order valence-corrected chi connectivity index (χ1v) is 9.67. The average Bonchev–Trinajstić information content (AvgIpc) is 2.91. The molecule has 134 valence electrons. The Bertz CT molecular complexity index is 979. The molecule has 2 aromatic rings. The van der Waals surface area contributed by atoms with Crippen LogP contribution in [0, 0.1) is 14.9 Å². The number of amides is 3. The number of nitrogens with one attached hydrogen (secondary N) is 1. The van der Waals surface area contributed by atoms with E-state index < -0.39 is 17.1 Å². The van der Waals surface area contributed by atoms with E-state index >= 15 is 0 Å². The SMILES string of the molecule is N#Cc1ccc(/C=C2/SC(=O)N(CC(=O)Nc3ccc(I)cc3)C2=O)cc1. The highest BCUT2D eigenvalue weighted by atomic mass is 127. The number of benzene rings is 2. The molecule has 3 rings (SSSR count). The van der Waals surface area contributed by atoms with Crippen LogP contribution >= 0.6 is 34.4 Å². The van der Waals surface area contributed by atoms with E-state index in [9.17, 15) is 14.4 Å². The summed E-state index contributed by atoms with van der Waals surface area (Å²) in [7, 11) is 0. The molecule has 1 aliphatic heterocycles. The number of carbonyl (C=O) groups excluding carboxylic acids is 3. The second-order valence-electron chi connectivity index (χ2n) is 5.56. The van der Waals surface area contributed by atoms with Crippen molar-refractivity contribution in [1.82, 2.24) is 4.90 Å². The maximum atomic E-state index is 12.5. The molecule has 0 bridgehead atoms. The summed E-state index contributed by atoms with van der Waals surface area (Å²) in [5.74, 6) is -0.953. The van der Waals surface area contributed by atoms with E-state index in [2.05, 4.69) is 27.9 Å². The molecule has 27 heavy (non-hydrogen) atoms. The molecule has 2 aromatic carbocycles. The Morgan fingerprint density at radius 2 is 1.81 bits per heavy atom. The number of carbonyl (C=O) groups is 3. The summed E-state index contributed by atoms with van der Waals surface area (Å²) in [5.41, 5.74) is 1.80. The maximum Gasteiger partial charge on any atom is 0.294 e. The van der Waals surface area contributed by atoms with Gasteiger partial charge in [-0.15, -0.1) is 0 Å². The van der Waals surface area contributed by atoms with Gasteiger partial charge in [0.15, 0.2) is 0 Å². The van der Waals surface area contributed by atoms with Crippen molar-refractivity contribution >= 4 is 63.2 Å². The van der Waals surface area contributed by atoms with Gasteiger partial charge in [-0.1, -0.05) is 12.1 Å². The minimum atomic E-state index is -0.507. The van der Waals surface area contributed by atoms with Crippen molar-refractivity contribution in [1.29, 1.82) is 5.26 Å². The highest BCUT2D eigenvalue weighted by Crippen LogP contribution is 2.32. The predicted molar refractivity (Wildman–Crippen MR) is 112 cm³/mol. The van der Waals surface area contributed by atoms with Crippen LogP contribution in [0.2, 0.25) is 0 Å². The van der Waals surface area contributed by atoms with Crippen molar-refractivity contribution in [2.75, 3.05) is 11.9 Å². The molecule has 8 heteroatoms. The number of thioether (sulfide) groups is 1. The molecule has 1 aliphatic rings. The Kier molecular flexibility index (Phi) is 5.93. The van der Waals surface area contributed by atoms with Gasteiger partial charge in [-0.3, -0.25) is 19.3 Å². The lowest BCUT2D eigenvalue weighted by Gasteiger charge is -2.12. The topological polar surface area (TPSA) is 90.3 Å². The van der Waals surface area contributed by atoms with Crippen LogP contribution in [0.4, 0.5) is 10.5 Å². The minimum absolute atomic E-state index is 0.242. The lowest BCUT2D eigenvalue weighted by Crippen LogP contribution is -2.36. The Hall–Kier alpha value is -2.64. The third-order valence-corrected chi connectivity index (χ3v) is 5.27. The van der Waals surface area contributed by atoms with E-state index in [0.29, 0.717) is 16.8 Å². The number of imide groups is 1. The molecule has 1 heterocycles. The quantitative estimate of drug-likeness (QED) is 0.521. The Balaban J connectivity index is 1.68. The minimum Gasteiger partial charge on any atom is -0.325 e. The molecule has 0 saturated carbocycles. The fraction of sp³-hybridized carbons (Fsp3) is 0.0526. The standard InChI is InChI=1S/C19H12IN3O3S/c20-14-5-7-15(8-6-14)22-17(24)11-23-18(25)16(27-19(23)26)9-12-1-3-13(10-21)4-2-12/h1-9H,11H2,(H,22,24)/b16-9+. The van der Waals surface area contributed by atoms with Gasteiger partial charge in [0.05, 0.1) is 16.5 Å². The number of hydrogen-bond acceptors (Lipinski definition) is 5. The fourth-order valence-electron chi connectivity index (χ4n) is 2.32. The molecule has 1 N–H and O–H groups in total. The highest BCUT2D eigenvalue weighted by molar-refractivity contribution is 14.1. The average molecular weight is 489 g/mol. The third kappa shape index (κ3) is 4.75. The molecule has 0 spiro atoms. The van der Waals surface area contributed by atoms with Crippen LogP contribution < -0.4 is 5.32 Å². The van der Waals surface area contributed by atoms with Crippen molar-refractivity contribution in [3.05, 3.63) is 68.1 Å². The largest absolute Gasteiger partial charge is 0.325 e. The maximum absolute atomic E-state index is 12.5. The molecule has 1 fully saturated rings. The van der Waals surface area contributed by atoms with Gasteiger partial charge in [-0.05, 0) is 82.4 Å².